The van der Waals surface area contributed by atoms with Crippen LogP contribution in [0.15, 0.2) is 30.3 Å². The van der Waals surface area contributed by atoms with E-state index in [4.69, 9.17) is 10.5 Å². The third kappa shape index (κ3) is 2.97. The van der Waals surface area contributed by atoms with Gasteiger partial charge in [0.2, 0.25) is 5.88 Å². The molecule has 0 fully saturated rings. The normalized spacial score (nSPS) is 11.3. The molecule has 1 heterocycles. The van der Waals surface area contributed by atoms with Crippen molar-refractivity contribution in [2.75, 3.05) is 12.0 Å². The zero-order valence-corrected chi connectivity index (χ0v) is 11.7. The Morgan fingerprint density at radius 1 is 1.35 bits per heavy atom. The minimum Gasteiger partial charge on any atom is -0.402 e. The Kier molecular flexibility index (Phi) is 3.49. The van der Waals surface area contributed by atoms with E-state index < -0.39 is 16.0 Å². The zero-order chi connectivity index (χ0) is 14.9. The van der Waals surface area contributed by atoms with Gasteiger partial charge in [0.05, 0.1) is 11.8 Å². The van der Waals surface area contributed by atoms with Crippen LogP contribution in [0.25, 0.3) is 0 Å². The van der Waals surface area contributed by atoms with Crippen molar-refractivity contribution in [2.45, 2.75) is 6.92 Å². The number of rotatable bonds is 3. The van der Waals surface area contributed by atoms with Crippen LogP contribution in [0.5, 0.6) is 5.88 Å². The SMILES string of the molecule is Cc1cccc(C(=O)Oc2cc(N)n(S(C)(=O)=O)n2)c1. The number of anilines is 1. The molecule has 0 aliphatic carbocycles. The highest BCUT2D eigenvalue weighted by molar-refractivity contribution is 7.89. The molecule has 1 aromatic heterocycles. The summed E-state index contributed by atoms with van der Waals surface area (Å²) < 4.78 is 28.3. The Morgan fingerprint density at radius 2 is 2.05 bits per heavy atom. The summed E-state index contributed by atoms with van der Waals surface area (Å²) in [6.45, 7) is 1.84. The van der Waals surface area contributed by atoms with Crippen LogP contribution in [0, 0.1) is 6.92 Å². The molecule has 0 spiro atoms. The number of hydrogen-bond donors (Lipinski definition) is 1. The minimum atomic E-state index is -3.63. The standard InChI is InChI=1S/C12H13N3O4S/c1-8-4-3-5-9(6-8)12(16)19-11-7-10(13)15(14-11)20(2,17)18/h3-7H,13H2,1-2H3. The van der Waals surface area contributed by atoms with Gasteiger partial charge in [0, 0.05) is 6.07 Å². The van der Waals surface area contributed by atoms with E-state index in [2.05, 4.69) is 5.10 Å². The van der Waals surface area contributed by atoms with E-state index in [1.165, 1.54) is 6.07 Å². The fourth-order valence-corrected chi connectivity index (χ4v) is 2.26. The number of esters is 1. The molecule has 2 N–H and O–H groups in total. The van der Waals surface area contributed by atoms with Gasteiger partial charge in [-0.1, -0.05) is 17.7 Å². The first-order valence-corrected chi connectivity index (χ1v) is 7.47. The maximum Gasteiger partial charge on any atom is 0.344 e. The fourth-order valence-electron chi connectivity index (χ4n) is 1.60. The Bertz CT molecular complexity index is 765. The Hall–Kier alpha value is -2.35. The summed E-state index contributed by atoms with van der Waals surface area (Å²) >= 11 is 0. The maximum atomic E-state index is 11.9. The number of carbonyl (C=O) groups excluding carboxylic acids is 1. The lowest BCUT2D eigenvalue weighted by Gasteiger charge is -2.01. The first kappa shape index (κ1) is 14.1. The van der Waals surface area contributed by atoms with Crippen molar-refractivity contribution in [2.24, 2.45) is 0 Å². The van der Waals surface area contributed by atoms with Crippen LogP contribution in [-0.4, -0.2) is 29.8 Å². The van der Waals surface area contributed by atoms with Gasteiger partial charge in [-0.15, -0.1) is 9.19 Å². The van der Waals surface area contributed by atoms with Crippen LogP contribution in [0.3, 0.4) is 0 Å². The minimum absolute atomic E-state index is 0.125. The lowest BCUT2D eigenvalue weighted by Crippen LogP contribution is -2.15. The second kappa shape index (κ2) is 4.97. The van der Waals surface area contributed by atoms with Crippen LogP contribution in [-0.2, 0) is 10.0 Å². The molecule has 7 nitrogen and oxygen atoms in total. The van der Waals surface area contributed by atoms with Crippen molar-refractivity contribution >= 4 is 21.8 Å². The van der Waals surface area contributed by atoms with Crippen LogP contribution in [0.2, 0.25) is 0 Å². The first-order valence-electron chi connectivity index (χ1n) is 5.62. The molecular formula is C12H13N3O4S. The molecule has 0 aliphatic heterocycles. The van der Waals surface area contributed by atoms with Gasteiger partial charge < -0.3 is 10.5 Å². The average Bonchev–Trinajstić information content (AvgIpc) is 2.70. The summed E-state index contributed by atoms with van der Waals surface area (Å²) in [4.78, 5) is 11.9. The molecular weight excluding hydrogens is 282 g/mol. The average molecular weight is 295 g/mol. The Morgan fingerprint density at radius 3 is 2.60 bits per heavy atom. The summed E-state index contributed by atoms with van der Waals surface area (Å²) in [6, 6.07) is 7.97. The Labute approximate surface area is 116 Å². The molecule has 0 unspecified atom stereocenters. The summed E-state index contributed by atoms with van der Waals surface area (Å²) in [5.41, 5.74) is 6.74. The van der Waals surface area contributed by atoms with Gasteiger partial charge in [0.1, 0.15) is 5.82 Å². The molecule has 0 bridgehead atoms. The summed E-state index contributed by atoms with van der Waals surface area (Å²) in [7, 11) is -3.63. The molecule has 2 rings (SSSR count). The number of aromatic nitrogens is 2. The molecule has 2 aromatic rings. The van der Waals surface area contributed by atoms with Crippen LogP contribution >= 0.6 is 0 Å². The summed E-state index contributed by atoms with van der Waals surface area (Å²) in [6.07, 6.45) is 0.947. The number of hydrogen-bond acceptors (Lipinski definition) is 6. The number of carbonyl (C=O) groups is 1. The third-order valence-electron chi connectivity index (χ3n) is 2.45. The quantitative estimate of drug-likeness (QED) is 0.840. The second-order valence-corrected chi connectivity index (χ2v) is 6.08. The zero-order valence-electron chi connectivity index (χ0n) is 10.9. The topological polar surface area (TPSA) is 104 Å². The number of nitrogens with zero attached hydrogens (tertiary/aromatic N) is 2. The first-order chi connectivity index (χ1) is 9.27. The van der Waals surface area contributed by atoms with Gasteiger partial charge in [-0.25, -0.2) is 13.2 Å². The lowest BCUT2D eigenvalue weighted by molar-refractivity contribution is 0.0727. The van der Waals surface area contributed by atoms with E-state index in [9.17, 15) is 13.2 Å². The smallest absolute Gasteiger partial charge is 0.344 e. The molecule has 0 aliphatic rings. The van der Waals surface area contributed by atoms with Gasteiger partial charge in [-0.05, 0) is 19.1 Å². The van der Waals surface area contributed by atoms with Gasteiger partial charge >= 0.3 is 5.97 Å². The molecule has 106 valence electrons. The van der Waals surface area contributed by atoms with E-state index in [0.29, 0.717) is 9.65 Å². The number of nitrogens with two attached hydrogens (primary N) is 1. The van der Waals surface area contributed by atoms with Crippen LogP contribution < -0.4 is 10.5 Å². The highest BCUT2D eigenvalue weighted by Crippen LogP contribution is 2.17. The molecule has 20 heavy (non-hydrogen) atoms. The van der Waals surface area contributed by atoms with E-state index in [1.807, 2.05) is 13.0 Å². The van der Waals surface area contributed by atoms with Gasteiger partial charge in [0.25, 0.3) is 10.0 Å². The van der Waals surface area contributed by atoms with Crippen molar-refractivity contribution in [3.05, 3.63) is 41.5 Å². The van der Waals surface area contributed by atoms with Gasteiger partial charge in [0.15, 0.2) is 0 Å². The van der Waals surface area contributed by atoms with Crippen molar-refractivity contribution in [1.82, 2.24) is 9.19 Å². The van der Waals surface area contributed by atoms with Crippen molar-refractivity contribution in [3.63, 3.8) is 0 Å². The highest BCUT2D eigenvalue weighted by atomic mass is 32.2. The van der Waals surface area contributed by atoms with E-state index in [-0.39, 0.29) is 11.7 Å². The van der Waals surface area contributed by atoms with E-state index in [0.717, 1.165) is 11.8 Å². The summed E-state index contributed by atoms with van der Waals surface area (Å²) in [5, 5.41) is 3.63. The monoisotopic (exact) mass is 295 g/mol. The highest BCUT2D eigenvalue weighted by Gasteiger charge is 2.17. The molecule has 1 aromatic carbocycles. The van der Waals surface area contributed by atoms with E-state index in [1.54, 1.807) is 18.2 Å². The second-order valence-electron chi connectivity index (χ2n) is 4.27. The number of benzene rings is 1. The Balaban J connectivity index is 2.25. The molecule has 0 radical (unpaired) electrons. The molecule has 0 saturated carbocycles. The van der Waals surface area contributed by atoms with Crippen LogP contribution in [0.4, 0.5) is 5.82 Å². The molecule has 0 amide bonds. The lowest BCUT2D eigenvalue weighted by atomic mass is 10.1. The molecule has 0 saturated heterocycles. The predicted octanol–water partition coefficient (Wildman–Crippen LogP) is 0.801. The summed E-state index contributed by atoms with van der Waals surface area (Å²) in [5.74, 6) is -0.925. The van der Waals surface area contributed by atoms with Crippen molar-refractivity contribution < 1.29 is 17.9 Å². The van der Waals surface area contributed by atoms with Crippen molar-refractivity contribution in [3.8, 4) is 5.88 Å². The number of nitrogen functional groups attached to an aromatic ring is 1. The predicted molar refractivity (Wildman–Crippen MR) is 73.0 cm³/mol. The number of aryl methyl sites for hydroxylation is 1. The van der Waals surface area contributed by atoms with Crippen LogP contribution in [0.1, 0.15) is 15.9 Å². The fraction of sp³-hybridized carbons (Fsp3) is 0.167. The number of ether oxygens (including phenoxy) is 1. The maximum absolute atomic E-state index is 11.9. The van der Waals surface area contributed by atoms with Gasteiger partial charge in [-0.3, -0.25) is 0 Å². The molecule has 0 atom stereocenters. The van der Waals surface area contributed by atoms with E-state index >= 15 is 0 Å². The third-order valence-corrected chi connectivity index (χ3v) is 3.37. The van der Waals surface area contributed by atoms with Crippen molar-refractivity contribution in [1.29, 1.82) is 0 Å². The van der Waals surface area contributed by atoms with Gasteiger partial charge in [-0.2, -0.15) is 0 Å². The molecule has 8 heteroatoms. The largest absolute Gasteiger partial charge is 0.402 e.